The van der Waals surface area contributed by atoms with Crippen LogP contribution >= 0.6 is 0 Å². The summed E-state index contributed by atoms with van der Waals surface area (Å²) >= 11 is 0. The van der Waals surface area contributed by atoms with Crippen molar-refractivity contribution in [3.8, 4) is 11.5 Å². The van der Waals surface area contributed by atoms with Crippen LogP contribution in [-0.2, 0) is 13.2 Å². The van der Waals surface area contributed by atoms with Crippen molar-refractivity contribution in [3.63, 3.8) is 0 Å². The Bertz CT molecular complexity index is 1210. The number of hydrogen-bond donors (Lipinski definition) is 2. The maximum Gasteiger partial charge on any atom is 0.488 e. The van der Waals surface area contributed by atoms with Crippen LogP contribution in [0.15, 0.2) is 115 Å². The minimum atomic E-state index is -4.29. The van der Waals surface area contributed by atoms with Gasteiger partial charge < -0.3 is 19.5 Å². The second-order valence-corrected chi connectivity index (χ2v) is 7.94. The molecule has 8 heteroatoms. The van der Waals surface area contributed by atoms with Crippen LogP contribution in [0.25, 0.3) is 6.08 Å². The lowest BCUT2D eigenvalue weighted by molar-refractivity contribution is -0.0790. The molecule has 0 fully saturated rings. The van der Waals surface area contributed by atoms with E-state index in [0.29, 0.717) is 35.7 Å². The molecule has 0 aromatic heterocycles. The summed E-state index contributed by atoms with van der Waals surface area (Å²) in [7, 11) is -1.43. The molecule has 0 aliphatic heterocycles. The van der Waals surface area contributed by atoms with Crippen LogP contribution in [0.3, 0.4) is 0 Å². The molecule has 0 heterocycles. The van der Waals surface area contributed by atoms with Gasteiger partial charge in [0.1, 0.15) is 24.7 Å². The molecule has 0 spiro atoms. The number of allylic oxidation sites excluding steroid dienone is 1. The molecule has 0 bridgehead atoms. The van der Waals surface area contributed by atoms with Crippen molar-refractivity contribution in [2.75, 3.05) is 0 Å². The average molecular weight is 506 g/mol. The van der Waals surface area contributed by atoms with Crippen molar-refractivity contribution in [1.82, 2.24) is 0 Å². The van der Waals surface area contributed by atoms with E-state index in [2.05, 4.69) is 0 Å². The van der Waals surface area contributed by atoms with Crippen LogP contribution in [0, 0.1) is 0 Å². The highest BCUT2D eigenvalue weighted by Crippen LogP contribution is 2.20. The highest BCUT2D eigenvalue weighted by atomic mass is 19.4. The van der Waals surface area contributed by atoms with Gasteiger partial charge in [-0.25, -0.2) is 0 Å². The highest BCUT2D eigenvalue weighted by molar-refractivity contribution is 6.58. The van der Waals surface area contributed by atoms with E-state index in [1.54, 1.807) is 48.5 Å². The van der Waals surface area contributed by atoms with E-state index >= 15 is 0 Å². The fourth-order valence-corrected chi connectivity index (χ4v) is 3.08. The molecule has 0 aliphatic carbocycles. The van der Waals surface area contributed by atoms with Crippen LogP contribution in [0.4, 0.5) is 13.2 Å². The summed E-state index contributed by atoms with van der Waals surface area (Å²) in [5, 5.41) is 17.9. The smallest absolute Gasteiger partial charge is 0.488 e. The fraction of sp³-hybridized carbons (Fsp3) is 0.103. The minimum absolute atomic E-state index is 0.215. The number of hydrogen-bond acceptors (Lipinski definition) is 4. The lowest BCUT2D eigenvalue weighted by Gasteiger charge is -2.07. The maximum atomic E-state index is 12.0. The van der Waals surface area contributed by atoms with E-state index in [1.807, 2.05) is 60.7 Å². The van der Waals surface area contributed by atoms with Gasteiger partial charge in [-0.1, -0.05) is 91.0 Å². The molecular weight excluding hydrogens is 480 g/mol. The SMILES string of the molecule is FC(F)(F)/C=C/c1ccc(OCc2ccccc2)cc1.OB(O)c1ccc(OCc2ccccc2)cc1. The third-order valence-electron chi connectivity index (χ3n) is 5.02. The van der Waals surface area contributed by atoms with Crippen LogP contribution in [0.2, 0.25) is 0 Å². The Hall–Kier alpha value is -4.01. The molecule has 4 rings (SSSR count). The van der Waals surface area contributed by atoms with Crippen molar-refractivity contribution in [1.29, 1.82) is 0 Å². The molecule has 0 unspecified atom stereocenters. The van der Waals surface area contributed by atoms with Gasteiger partial charge in [0, 0.05) is 6.08 Å². The molecule has 0 aliphatic rings. The zero-order valence-corrected chi connectivity index (χ0v) is 19.9. The second-order valence-electron chi connectivity index (χ2n) is 7.94. The molecule has 4 nitrogen and oxygen atoms in total. The first-order valence-corrected chi connectivity index (χ1v) is 11.4. The molecule has 37 heavy (non-hydrogen) atoms. The standard InChI is InChI=1S/C16H13F3O.C13H13BO3/c17-16(18,19)11-10-13-6-8-15(9-7-13)20-12-14-4-2-1-3-5-14;15-14(16)12-6-8-13(9-7-12)17-10-11-4-2-1-3-5-11/h1-11H,12H2;1-9,15-16H,10H2/b11-10+;. The molecule has 4 aromatic carbocycles. The Balaban J connectivity index is 0.000000208. The topological polar surface area (TPSA) is 58.9 Å². The lowest BCUT2D eigenvalue weighted by Crippen LogP contribution is -2.29. The summed E-state index contributed by atoms with van der Waals surface area (Å²) in [4.78, 5) is 0. The quantitative estimate of drug-likeness (QED) is 0.297. The molecular formula is C29H26BF3O4. The first-order chi connectivity index (χ1) is 17.8. The molecule has 2 N–H and O–H groups in total. The molecule has 0 radical (unpaired) electrons. The fourth-order valence-electron chi connectivity index (χ4n) is 3.08. The van der Waals surface area contributed by atoms with E-state index in [0.717, 1.165) is 17.2 Å². The summed E-state index contributed by atoms with van der Waals surface area (Å²) in [6.07, 6.45) is -3.05. The highest BCUT2D eigenvalue weighted by Gasteiger charge is 2.21. The number of halogens is 3. The predicted octanol–water partition coefficient (Wildman–Crippen LogP) is 5.79. The normalized spacial score (nSPS) is 10.9. The Morgan fingerprint density at radius 1 is 0.622 bits per heavy atom. The summed E-state index contributed by atoms with van der Waals surface area (Å²) in [6.45, 7) is 0.931. The first kappa shape index (κ1) is 27.6. The van der Waals surface area contributed by atoms with Gasteiger partial charge in [0.05, 0.1) is 0 Å². The van der Waals surface area contributed by atoms with E-state index < -0.39 is 13.3 Å². The van der Waals surface area contributed by atoms with Gasteiger partial charge >= 0.3 is 13.3 Å². The van der Waals surface area contributed by atoms with Gasteiger partial charge in [-0.3, -0.25) is 0 Å². The van der Waals surface area contributed by atoms with Crippen molar-refractivity contribution in [2.24, 2.45) is 0 Å². The van der Waals surface area contributed by atoms with E-state index in [4.69, 9.17) is 19.5 Å². The first-order valence-electron chi connectivity index (χ1n) is 11.4. The summed E-state index contributed by atoms with van der Waals surface area (Å²) in [5.74, 6) is 1.33. The van der Waals surface area contributed by atoms with E-state index in [1.165, 1.54) is 0 Å². The Kier molecular flexibility index (Phi) is 10.4. The van der Waals surface area contributed by atoms with Crippen LogP contribution in [0.1, 0.15) is 16.7 Å². The molecule has 4 aromatic rings. The Morgan fingerprint density at radius 3 is 1.46 bits per heavy atom. The van der Waals surface area contributed by atoms with Crippen LogP contribution < -0.4 is 14.9 Å². The number of alkyl halides is 3. The van der Waals surface area contributed by atoms with E-state index in [9.17, 15) is 13.2 Å². The van der Waals surface area contributed by atoms with Gasteiger partial charge in [-0.05, 0) is 46.4 Å². The van der Waals surface area contributed by atoms with Gasteiger partial charge in [0.2, 0.25) is 0 Å². The average Bonchev–Trinajstić information content (AvgIpc) is 2.91. The van der Waals surface area contributed by atoms with Crippen molar-refractivity contribution >= 4 is 18.7 Å². The summed E-state index contributed by atoms with van der Waals surface area (Å²) in [5.41, 5.74) is 3.07. The number of rotatable bonds is 8. The molecule has 190 valence electrons. The third kappa shape index (κ3) is 10.6. The van der Waals surface area contributed by atoms with Crippen LogP contribution in [-0.4, -0.2) is 23.3 Å². The molecule has 0 saturated heterocycles. The van der Waals surface area contributed by atoms with Gasteiger partial charge in [0.15, 0.2) is 0 Å². The minimum Gasteiger partial charge on any atom is -0.489 e. The zero-order valence-electron chi connectivity index (χ0n) is 19.9. The monoisotopic (exact) mass is 506 g/mol. The van der Waals surface area contributed by atoms with Crippen molar-refractivity contribution < 1.29 is 32.7 Å². The molecule has 0 amide bonds. The Labute approximate surface area is 214 Å². The maximum absolute atomic E-state index is 12.0. The number of benzene rings is 4. The second kappa shape index (κ2) is 13.9. The van der Waals surface area contributed by atoms with Crippen molar-refractivity contribution in [3.05, 3.63) is 132 Å². The van der Waals surface area contributed by atoms with E-state index in [-0.39, 0.29) is 6.08 Å². The molecule has 0 saturated carbocycles. The van der Waals surface area contributed by atoms with Gasteiger partial charge in [-0.2, -0.15) is 13.2 Å². The number of ether oxygens (including phenoxy) is 2. The van der Waals surface area contributed by atoms with Gasteiger partial charge in [0.25, 0.3) is 0 Å². The summed E-state index contributed by atoms with van der Waals surface area (Å²) < 4.78 is 47.2. The zero-order chi connectivity index (χ0) is 26.5. The third-order valence-corrected chi connectivity index (χ3v) is 5.02. The van der Waals surface area contributed by atoms with Crippen molar-refractivity contribution in [2.45, 2.75) is 19.4 Å². The molecule has 0 atom stereocenters. The van der Waals surface area contributed by atoms with Gasteiger partial charge in [-0.15, -0.1) is 0 Å². The summed E-state index contributed by atoms with van der Waals surface area (Å²) in [6, 6.07) is 32.7. The Morgan fingerprint density at radius 2 is 1.05 bits per heavy atom. The lowest BCUT2D eigenvalue weighted by atomic mass is 9.80. The predicted molar refractivity (Wildman–Crippen MR) is 139 cm³/mol. The van der Waals surface area contributed by atoms with Crippen LogP contribution in [0.5, 0.6) is 11.5 Å². The largest absolute Gasteiger partial charge is 0.489 e.